The maximum absolute atomic E-state index is 12.0. The lowest BCUT2D eigenvalue weighted by molar-refractivity contribution is 0.0954. The van der Waals surface area contributed by atoms with Gasteiger partial charge in [0.15, 0.2) is 5.96 Å². The Kier molecular flexibility index (Phi) is 7.45. The predicted molar refractivity (Wildman–Crippen MR) is 108 cm³/mol. The molecule has 7 heteroatoms. The Balaban J connectivity index is 1.42. The molecule has 2 fully saturated rings. The molecule has 7 nitrogen and oxygen atoms in total. The highest BCUT2D eigenvalue weighted by Gasteiger charge is 2.30. The molecule has 1 aromatic heterocycles. The van der Waals surface area contributed by atoms with Gasteiger partial charge in [0.1, 0.15) is 0 Å². The molecule has 1 aliphatic heterocycles. The summed E-state index contributed by atoms with van der Waals surface area (Å²) in [5.74, 6) is 0.727. The Hall–Kier alpha value is -2.15. The minimum absolute atomic E-state index is 0.112. The number of rotatable bonds is 7. The second-order valence-corrected chi connectivity index (χ2v) is 7.32. The van der Waals surface area contributed by atoms with E-state index in [1.165, 1.54) is 38.6 Å². The van der Waals surface area contributed by atoms with Gasteiger partial charge < -0.3 is 16.0 Å². The summed E-state index contributed by atoms with van der Waals surface area (Å²) in [5.41, 5.74) is 0.574. The lowest BCUT2D eigenvalue weighted by Crippen LogP contribution is -2.45. The van der Waals surface area contributed by atoms with Crippen molar-refractivity contribution in [3.8, 4) is 0 Å². The third kappa shape index (κ3) is 5.92. The van der Waals surface area contributed by atoms with Gasteiger partial charge in [0.25, 0.3) is 5.91 Å². The van der Waals surface area contributed by atoms with Crippen LogP contribution in [-0.2, 0) is 0 Å². The normalized spacial score (nSPS) is 21.4. The van der Waals surface area contributed by atoms with Gasteiger partial charge in [0.2, 0.25) is 0 Å². The molecule has 3 rings (SSSR count). The van der Waals surface area contributed by atoms with Gasteiger partial charge in [0.05, 0.1) is 12.1 Å². The second kappa shape index (κ2) is 10.3. The summed E-state index contributed by atoms with van der Waals surface area (Å²) in [4.78, 5) is 23.2. The second-order valence-electron chi connectivity index (χ2n) is 7.32. The number of likely N-dealkylation sites (tertiary alicyclic amines) is 1. The molecule has 3 N–H and O–H groups in total. The summed E-state index contributed by atoms with van der Waals surface area (Å²) < 4.78 is 0. The molecule has 0 radical (unpaired) electrons. The van der Waals surface area contributed by atoms with Gasteiger partial charge in [0, 0.05) is 50.7 Å². The zero-order chi connectivity index (χ0) is 18.9. The smallest absolute Gasteiger partial charge is 0.252 e. The minimum Gasteiger partial charge on any atom is -0.357 e. The van der Waals surface area contributed by atoms with Crippen molar-refractivity contribution in [1.82, 2.24) is 25.8 Å². The molecule has 2 heterocycles. The zero-order valence-corrected chi connectivity index (χ0v) is 16.3. The number of nitrogens with zero attached hydrogens (tertiary/aromatic N) is 3. The fourth-order valence-corrected chi connectivity index (χ4v) is 3.96. The van der Waals surface area contributed by atoms with Crippen molar-refractivity contribution in [3.63, 3.8) is 0 Å². The predicted octanol–water partition coefficient (Wildman–Crippen LogP) is 1.38. The highest BCUT2D eigenvalue weighted by atomic mass is 16.1. The molecule has 0 bridgehead atoms. The van der Waals surface area contributed by atoms with Crippen molar-refractivity contribution in [3.05, 3.63) is 30.1 Å². The average molecular weight is 373 g/mol. The van der Waals surface area contributed by atoms with Crippen LogP contribution in [0.5, 0.6) is 0 Å². The average Bonchev–Trinajstić information content (AvgIpc) is 3.37. The zero-order valence-electron chi connectivity index (χ0n) is 16.3. The number of hydrogen-bond donors (Lipinski definition) is 3. The van der Waals surface area contributed by atoms with Crippen LogP contribution in [0.3, 0.4) is 0 Å². The van der Waals surface area contributed by atoms with E-state index in [1.807, 2.05) is 0 Å². The number of hydrogen-bond acceptors (Lipinski definition) is 4. The van der Waals surface area contributed by atoms with E-state index in [0.717, 1.165) is 25.1 Å². The van der Waals surface area contributed by atoms with E-state index in [1.54, 1.807) is 24.5 Å². The van der Waals surface area contributed by atoms with Crippen molar-refractivity contribution >= 4 is 11.9 Å². The Bertz CT molecular complexity index is 614. The highest BCUT2D eigenvalue weighted by Crippen LogP contribution is 2.26. The first kappa shape index (κ1) is 19.6. The molecule has 1 saturated heterocycles. The molecule has 1 unspecified atom stereocenters. The Morgan fingerprint density at radius 3 is 2.89 bits per heavy atom. The first-order valence-corrected chi connectivity index (χ1v) is 10.2. The Morgan fingerprint density at radius 1 is 1.30 bits per heavy atom. The summed E-state index contributed by atoms with van der Waals surface area (Å²) in [5, 5.41) is 9.76. The van der Waals surface area contributed by atoms with Crippen molar-refractivity contribution < 1.29 is 4.79 Å². The quantitative estimate of drug-likeness (QED) is 0.383. The first-order valence-electron chi connectivity index (χ1n) is 10.2. The van der Waals surface area contributed by atoms with E-state index in [4.69, 9.17) is 0 Å². The van der Waals surface area contributed by atoms with E-state index in [0.29, 0.717) is 24.7 Å². The maximum Gasteiger partial charge on any atom is 0.252 e. The Morgan fingerprint density at radius 2 is 2.15 bits per heavy atom. The van der Waals surface area contributed by atoms with Gasteiger partial charge in [-0.15, -0.1) is 0 Å². The number of amides is 1. The minimum atomic E-state index is -0.112. The summed E-state index contributed by atoms with van der Waals surface area (Å²) in [6, 6.07) is 4.76. The fraction of sp³-hybridized carbons (Fsp3) is 0.650. The van der Waals surface area contributed by atoms with E-state index in [-0.39, 0.29) is 5.91 Å². The molecule has 1 aliphatic carbocycles. The lowest BCUT2D eigenvalue weighted by atomic mass is 10.2. The largest absolute Gasteiger partial charge is 0.357 e. The van der Waals surface area contributed by atoms with Gasteiger partial charge >= 0.3 is 0 Å². The van der Waals surface area contributed by atoms with Crippen LogP contribution in [0.4, 0.5) is 0 Å². The Labute approximate surface area is 162 Å². The van der Waals surface area contributed by atoms with Gasteiger partial charge in [-0.1, -0.05) is 12.8 Å². The van der Waals surface area contributed by atoms with Gasteiger partial charge in [-0.2, -0.15) is 0 Å². The van der Waals surface area contributed by atoms with Crippen LogP contribution in [-0.4, -0.2) is 66.6 Å². The van der Waals surface area contributed by atoms with Crippen LogP contribution in [0.15, 0.2) is 29.5 Å². The van der Waals surface area contributed by atoms with Gasteiger partial charge in [-0.05, 0) is 38.3 Å². The monoisotopic (exact) mass is 372 g/mol. The fourth-order valence-electron chi connectivity index (χ4n) is 3.96. The highest BCUT2D eigenvalue weighted by molar-refractivity contribution is 5.93. The molecular weight excluding hydrogens is 340 g/mol. The van der Waals surface area contributed by atoms with Crippen molar-refractivity contribution in [2.24, 2.45) is 4.99 Å². The molecule has 1 atom stereocenters. The molecule has 1 amide bonds. The number of pyridine rings is 1. The third-order valence-electron chi connectivity index (χ3n) is 5.34. The summed E-state index contributed by atoms with van der Waals surface area (Å²) in [7, 11) is 0. The molecule has 27 heavy (non-hydrogen) atoms. The van der Waals surface area contributed by atoms with Crippen molar-refractivity contribution in [2.45, 2.75) is 51.1 Å². The lowest BCUT2D eigenvalue weighted by Gasteiger charge is -2.24. The number of aliphatic imine (C=N–C) groups is 1. The standard InChI is InChI=1S/C20H32N6O/c1-2-22-20(24-12-11-23-19(27)16-6-5-10-21-14-16)25-17-9-13-26(15-17)18-7-3-4-8-18/h5-6,10,14,17-18H,2-4,7-9,11-13,15H2,1H3,(H,23,27)(H2,22,24,25). The van der Waals surface area contributed by atoms with Crippen LogP contribution in [0.1, 0.15) is 49.4 Å². The van der Waals surface area contributed by atoms with Gasteiger partial charge in [-0.25, -0.2) is 0 Å². The van der Waals surface area contributed by atoms with Crippen molar-refractivity contribution in [1.29, 1.82) is 0 Å². The molecule has 1 saturated carbocycles. The van der Waals surface area contributed by atoms with E-state index < -0.39 is 0 Å². The molecule has 0 aromatic carbocycles. The van der Waals surface area contributed by atoms with Gasteiger partial charge in [-0.3, -0.25) is 19.7 Å². The van der Waals surface area contributed by atoms with E-state index >= 15 is 0 Å². The molecule has 148 valence electrons. The summed E-state index contributed by atoms with van der Waals surface area (Å²) >= 11 is 0. The maximum atomic E-state index is 12.0. The van der Waals surface area contributed by atoms with Crippen LogP contribution in [0, 0.1) is 0 Å². The number of carbonyl (C=O) groups excluding carboxylic acids is 1. The molecule has 0 spiro atoms. The third-order valence-corrected chi connectivity index (χ3v) is 5.34. The molecular formula is C20H32N6O. The summed E-state index contributed by atoms with van der Waals surface area (Å²) in [6.45, 7) is 6.23. The van der Waals surface area contributed by atoms with Crippen LogP contribution < -0.4 is 16.0 Å². The number of aromatic nitrogens is 1. The first-order chi connectivity index (χ1) is 13.3. The summed E-state index contributed by atoms with van der Waals surface area (Å²) in [6.07, 6.45) is 9.88. The number of guanidine groups is 1. The van der Waals surface area contributed by atoms with Crippen LogP contribution in [0.25, 0.3) is 0 Å². The molecule has 2 aliphatic rings. The number of nitrogens with one attached hydrogen (secondary N) is 3. The topological polar surface area (TPSA) is 81.6 Å². The van der Waals surface area contributed by atoms with Crippen LogP contribution in [0.2, 0.25) is 0 Å². The number of carbonyl (C=O) groups is 1. The van der Waals surface area contributed by atoms with Crippen LogP contribution >= 0.6 is 0 Å². The van der Waals surface area contributed by atoms with Crippen molar-refractivity contribution in [2.75, 3.05) is 32.7 Å². The van der Waals surface area contributed by atoms with E-state index in [9.17, 15) is 4.79 Å². The SMILES string of the molecule is CCNC(=NCCNC(=O)c1cccnc1)NC1CCN(C2CCCC2)C1. The molecule has 1 aromatic rings. The van der Waals surface area contributed by atoms with E-state index in [2.05, 4.69) is 37.8 Å².